The number of pyridine rings is 1. The van der Waals surface area contributed by atoms with Crippen LogP contribution in [0.3, 0.4) is 0 Å². The van der Waals surface area contributed by atoms with Gasteiger partial charge in [-0.05, 0) is 42.7 Å². The van der Waals surface area contributed by atoms with Crippen LogP contribution in [-0.4, -0.2) is 35.8 Å². The third-order valence-corrected chi connectivity index (χ3v) is 5.20. The Kier molecular flexibility index (Phi) is 6.34. The van der Waals surface area contributed by atoms with Gasteiger partial charge in [0.1, 0.15) is 5.03 Å². The normalized spacial score (nSPS) is 13.2. The molecule has 0 fully saturated rings. The molecule has 0 atom stereocenters. The number of nitrogens with zero attached hydrogens (tertiary/aromatic N) is 2. The van der Waals surface area contributed by atoms with E-state index in [1.165, 1.54) is 0 Å². The molecule has 1 aliphatic rings. The van der Waals surface area contributed by atoms with Crippen molar-refractivity contribution >= 4 is 35.1 Å². The maximum atomic E-state index is 12.7. The number of thioether (sulfide) groups is 1. The van der Waals surface area contributed by atoms with E-state index in [9.17, 15) is 9.59 Å². The van der Waals surface area contributed by atoms with E-state index in [1.807, 2.05) is 12.1 Å². The third kappa shape index (κ3) is 5.01. The SMILES string of the molecule is CC(C)CCNC(=O)c1cccc(NC(=O)N2CCSc3ncccc32)c1. The van der Waals surface area contributed by atoms with Crippen molar-refractivity contribution in [2.45, 2.75) is 25.3 Å². The van der Waals surface area contributed by atoms with Crippen LogP contribution in [0.25, 0.3) is 0 Å². The zero-order valence-corrected chi connectivity index (χ0v) is 16.4. The molecule has 0 aliphatic carbocycles. The molecule has 0 radical (unpaired) electrons. The number of rotatable bonds is 5. The molecule has 1 aliphatic heterocycles. The summed E-state index contributed by atoms with van der Waals surface area (Å²) in [6.07, 6.45) is 2.66. The van der Waals surface area contributed by atoms with Crippen molar-refractivity contribution in [1.82, 2.24) is 10.3 Å². The fourth-order valence-corrected chi connectivity index (χ4v) is 3.70. The Bertz CT molecular complexity index is 825. The molecular formula is C20H24N4O2S. The van der Waals surface area contributed by atoms with Gasteiger partial charge in [0.05, 0.1) is 5.69 Å². The zero-order chi connectivity index (χ0) is 19.2. The van der Waals surface area contributed by atoms with Crippen LogP contribution < -0.4 is 15.5 Å². The molecule has 3 amide bonds. The molecule has 2 heterocycles. The predicted molar refractivity (Wildman–Crippen MR) is 110 cm³/mol. The first-order valence-electron chi connectivity index (χ1n) is 9.09. The smallest absolute Gasteiger partial charge is 0.326 e. The van der Waals surface area contributed by atoms with Crippen LogP contribution in [-0.2, 0) is 0 Å². The number of nitrogens with one attached hydrogen (secondary N) is 2. The van der Waals surface area contributed by atoms with Crippen LogP contribution in [0.4, 0.5) is 16.2 Å². The Labute approximate surface area is 163 Å². The third-order valence-electron chi connectivity index (χ3n) is 4.22. The van der Waals surface area contributed by atoms with Gasteiger partial charge in [-0.1, -0.05) is 19.9 Å². The number of benzene rings is 1. The fraction of sp³-hybridized carbons (Fsp3) is 0.350. The second-order valence-electron chi connectivity index (χ2n) is 6.78. The summed E-state index contributed by atoms with van der Waals surface area (Å²) in [6.45, 7) is 5.50. The number of carbonyl (C=O) groups excluding carboxylic acids is 2. The van der Waals surface area contributed by atoms with Crippen LogP contribution in [0.1, 0.15) is 30.6 Å². The largest absolute Gasteiger partial charge is 0.352 e. The van der Waals surface area contributed by atoms with Crippen molar-refractivity contribution in [3.63, 3.8) is 0 Å². The van der Waals surface area contributed by atoms with Gasteiger partial charge in [-0.3, -0.25) is 9.69 Å². The lowest BCUT2D eigenvalue weighted by Crippen LogP contribution is -2.39. The molecule has 0 saturated carbocycles. The van der Waals surface area contributed by atoms with Gasteiger partial charge in [0.25, 0.3) is 5.91 Å². The summed E-state index contributed by atoms with van der Waals surface area (Å²) in [7, 11) is 0. The van der Waals surface area contributed by atoms with Crippen LogP contribution in [0.2, 0.25) is 0 Å². The first-order valence-corrected chi connectivity index (χ1v) is 10.1. The van der Waals surface area contributed by atoms with Gasteiger partial charge < -0.3 is 10.6 Å². The second-order valence-corrected chi connectivity index (χ2v) is 7.86. The second kappa shape index (κ2) is 8.90. The highest BCUT2D eigenvalue weighted by molar-refractivity contribution is 7.99. The van der Waals surface area contributed by atoms with E-state index < -0.39 is 0 Å². The number of hydrogen-bond donors (Lipinski definition) is 2. The van der Waals surface area contributed by atoms with E-state index in [1.54, 1.807) is 47.1 Å². The zero-order valence-electron chi connectivity index (χ0n) is 15.6. The molecule has 6 nitrogen and oxygen atoms in total. The van der Waals surface area contributed by atoms with E-state index in [0.717, 1.165) is 22.9 Å². The molecule has 27 heavy (non-hydrogen) atoms. The minimum atomic E-state index is -0.220. The maximum absolute atomic E-state index is 12.7. The number of hydrogen-bond acceptors (Lipinski definition) is 4. The number of aromatic nitrogens is 1. The molecule has 2 N–H and O–H groups in total. The minimum absolute atomic E-state index is 0.129. The molecule has 2 aromatic rings. The van der Waals surface area contributed by atoms with Gasteiger partial charge in [-0.15, -0.1) is 11.8 Å². The highest BCUT2D eigenvalue weighted by Crippen LogP contribution is 2.32. The number of anilines is 2. The van der Waals surface area contributed by atoms with E-state index >= 15 is 0 Å². The van der Waals surface area contributed by atoms with Crippen LogP contribution in [0.5, 0.6) is 0 Å². The molecule has 0 unspecified atom stereocenters. The molecule has 0 saturated heterocycles. The van der Waals surface area contributed by atoms with Crippen LogP contribution in [0, 0.1) is 5.92 Å². The van der Waals surface area contributed by atoms with Crippen LogP contribution in [0.15, 0.2) is 47.6 Å². The van der Waals surface area contributed by atoms with Crippen molar-refractivity contribution < 1.29 is 9.59 Å². The Morgan fingerprint density at radius 3 is 2.93 bits per heavy atom. The summed E-state index contributed by atoms with van der Waals surface area (Å²) in [6, 6.07) is 10.5. The molecule has 3 rings (SSSR count). The number of fused-ring (bicyclic) bond motifs is 1. The lowest BCUT2D eigenvalue weighted by atomic mass is 10.1. The van der Waals surface area contributed by atoms with Crippen LogP contribution >= 0.6 is 11.8 Å². The Morgan fingerprint density at radius 2 is 2.11 bits per heavy atom. The molecule has 1 aromatic carbocycles. The minimum Gasteiger partial charge on any atom is -0.352 e. The van der Waals surface area contributed by atoms with Crippen molar-refractivity contribution in [3.8, 4) is 0 Å². The average Bonchev–Trinajstić information content (AvgIpc) is 2.67. The van der Waals surface area contributed by atoms with Crippen molar-refractivity contribution in [2.24, 2.45) is 5.92 Å². The molecule has 0 bridgehead atoms. The van der Waals surface area contributed by atoms with Gasteiger partial charge in [-0.2, -0.15) is 0 Å². The number of carbonyl (C=O) groups is 2. The summed E-state index contributed by atoms with van der Waals surface area (Å²) >= 11 is 1.65. The average molecular weight is 385 g/mol. The topological polar surface area (TPSA) is 74.3 Å². The van der Waals surface area contributed by atoms with E-state index in [4.69, 9.17) is 0 Å². The molecule has 1 aromatic heterocycles. The van der Waals surface area contributed by atoms with Gasteiger partial charge in [-0.25, -0.2) is 9.78 Å². The first-order chi connectivity index (χ1) is 13.0. The molecule has 0 spiro atoms. The summed E-state index contributed by atoms with van der Waals surface area (Å²) < 4.78 is 0. The maximum Gasteiger partial charge on any atom is 0.326 e. The lowest BCUT2D eigenvalue weighted by molar-refractivity contribution is 0.0952. The van der Waals surface area contributed by atoms with Gasteiger partial charge in [0.15, 0.2) is 0 Å². The Balaban J connectivity index is 1.66. The lowest BCUT2D eigenvalue weighted by Gasteiger charge is -2.28. The predicted octanol–water partition coefficient (Wildman–Crippen LogP) is 4.00. The van der Waals surface area contributed by atoms with Crippen molar-refractivity contribution in [2.75, 3.05) is 29.1 Å². The van der Waals surface area contributed by atoms with E-state index in [-0.39, 0.29) is 11.9 Å². The fourth-order valence-electron chi connectivity index (χ4n) is 2.77. The standard InChI is InChI=1S/C20H24N4O2S/c1-14(2)8-10-21-18(25)15-5-3-6-16(13-15)23-20(26)24-11-12-27-19-17(24)7-4-9-22-19/h3-7,9,13-14H,8,10-12H2,1-2H3,(H,21,25)(H,23,26). The quantitative estimate of drug-likeness (QED) is 0.817. The monoisotopic (exact) mass is 384 g/mol. The summed E-state index contributed by atoms with van der Waals surface area (Å²) in [4.78, 5) is 31.0. The van der Waals surface area contributed by atoms with Crippen molar-refractivity contribution in [1.29, 1.82) is 0 Å². The summed E-state index contributed by atoms with van der Waals surface area (Å²) in [5, 5.41) is 6.66. The number of urea groups is 1. The Morgan fingerprint density at radius 1 is 1.26 bits per heavy atom. The highest BCUT2D eigenvalue weighted by atomic mass is 32.2. The van der Waals surface area contributed by atoms with Gasteiger partial charge in [0, 0.05) is 36.3 Å². The number of amides is 3. The summed E-state index contributed by atoms with van der Waals surface area (Å²) in [5.41, 5.74) is 1.95. The molecular weight excluding hydrogens is 360 g/mol. The summed E-state index contributed by atoms with van der Waals surface area (Å²) in [5.74, 6) is 1.21. The van der Waals surface area contributed by atoms with Crippen molar-refractivity contribution in [3.05, 3.63) is 48.2 Å². The van der Waals surface area contributed by atoms with E-state index in [2.05, 4.69) is 29.5 Å². The van der Waals surface area contributed by atoms with Gasteiger partial charge in [0.2, 0.25) is 0 Å². The first kappa shape index (κ1) is 19.2. The highest BCUT2D eigenvalue weighted by Gasteiger charge is 2.23. The Hall–Kier alpha value is -2.54. The van der Waals surface area contributed by atoms with E-state index in [0.29, 0.717) is 30.3 Å². The van der Waals surface area contributed by atoms with Gasteiger partial charge >= 0.3 is 6.03 Å². The molecule has 142 valence electrons. The molecule has 7 heteroatoms.